The predicted octanol–water partition coefficient (Wildman–Crippen LogP) is 2.76. The number of fused-ring (bicyclic) bond motifs is 1. The van der Waals surface area contributed by atoms with Crippen molar-refractivity contribution in [3.05, 3.63) is 35.4 Å². The van der Waals surface area contributed by atoms with E-state index in [4.69, 9.17) is 4.74 Å². The smallest absolute Gasteiger partial charge is 0.0594 e. The molecule has 0 bridgehead atoms. The van der Waals surface area contributed by atoms with Gasteiger partial charge in [0.05, 0.1) is 13.2 Å². The van der Waals surface area contributed by atoms with E-state index in [2.05, 4.69) is 41.4 Å². The molecule has 0 saturated carbocycles. The maximum absolute atomic E-state index is 5.43. The number of hydrogen-bond donors (Lipinski definition) is 1. The average molecular weight is 288 g/mol. The summed E-state index contributed by atoms with van der Waals surface area (Å²) in [5.41, 5.74) is 3.08. The summed E-state index contributed by atoms with van der Waals surface area (Å²) in [6.45, 7) is 7.38. The van der Waals surface area contributed by atoms with Gasteiger partial charge in [0.25, 0.3) is 0 Å². The number of nitrogens with one attached hydrogen (secondary N) is 1. The summed E-state index contributed by atoms with van der Waals surface area (Å²) in [7, 11) is 0. The Bertz CT molecular complexity index is 443. The standard InChI is InChI=1S/C18H28N2O/c1-15(14-20-10-12-21-13-11-20)19-18-9-5-3-7-16-6-2-4-8-17(16)18/h2,4,6,8,15,18-19H,3,5,7,9-14H2,1H3. The molecule has 1 aliphatic carbocycles. The molecule has 3 rings (SSSR count). The van der Waals surface area contributed by atoms with E-state index in [1.54, 1.807) is 5.56 Å². The normalized spacial score (nSPS) is 25.1. The van der Waals surface area contributed by atoms with Crippen molar-refractivity contribution in [1.29, 1.82) is 0 Å². The Morgan fingerprint density at radius 1 is 1.24 bits per heavy atom. The van der Waals surface area contributed by atoms with Crippen molar-refractivity contribution in [3.63, 3.8) is 0 Å². The van der Waals surface area contributed by atoms with Crippen LogP contribution in [0.2, 0.25) is 0 Å². The molecule has 3 heteroatoms. The summed E-state index contributed by atoms with van der Waals surface area (Å²) in [5, 5.41) is 3.88. The number of nitrogens with zero attached hydrogens (tertiary/aromatic N) is 1. The van der Waals surface area contributed by atoms with E-state index in [9.17, 15) is 0 Å². The lowest BCUT2D eigenvalue weighted by Crippen LogP contribution is -2.45. The molecule has 21 heavy (non-hydrogen) atoms. The van der Waals surface area contributed by atoms with Crippen LogP contribution in [0.5, 0.6) is 0 Å². The molecule has 0 spiro atoms. The van der Waals surface area contributed by atoms with Gasteiger partial charge in [-0.2, -0.15) is 0 Å². The van der Waals surface area contributed by atoms with E-state index in [0.717, 1.165) is 32.8 Å². The molecule has 1 heterocycles. The van der Waals surface area contributed by atoms with Crippen LogP contribution in [-0.2, 0) is 11.2 Å². The summed E-state index contributed by atoms with van der Waals surface area (Å²) < 4.78 is 5.43. The molecule has 1 N–H and O–H groups in total. The molecule has 0 amide bonds. The minimum Gasteiger partial charge on any atom is -0.379 e. The van der Waals surface area contributed by atoms with Gasteiger partial charge in [-0.25, -0.2) is 0 Å². The van der Waals surface area contributed by atoms with Crippen LogP contribution in [0.3, 0.4) is 0 Å². The number of hydrogen-bond acceptors (Lipinski definition) is 3. The second kappa shape index (κ2) is 7.39. The molecule has 1 aromatic carbocycles. The number of ether oxygens (including phenoxy) is 1. The molecule has 2 atom stereocenters. The van der Waals surface area contributed by atoms with Gasteiger partial charge in [-0.05, 0) is 37.3 Å². The Morgan fingerprint density at radius 3 is 2.90 bits per heavy atom. The number of benzene rings is 1. The van der Waals surface area contributed by atoms with Gasteiger partial charge in [0.2, 0.25) is 0 Å². The lowest BCUT2D eigenvalue weighted by molar-refractivity contribution is 0.0337. The number of rotatable bonds is 4. The fourth-order valence-electron chi connectivity index (χ4n) is 3.66. The molecule has 1 fully saturated rings. The third-order valence-corrected chi connectivity index (χ3v) is 4.74. The Kier molecular flexibility index (Phi) is 5.28. The summed E-state index contributed by atoms with van der Waals surface area (Å²) >= 11 is 0. The van der Waals surface area contributed by atoms with Gasteiger partial charge >= 0.3 is 0 Å². The zero-order valence-electron chi connectivity index (χ0n) is 13.2. The topological polar surface area (TPSA) is 24.5 Å². The molecule has 0 aromatic heterocycles. The molecule has 0 radical (unpaired) electrons. The molecular formula is C18H28N2O. The highest BCUT2D eigenvalue weighted by Gasteiger charge is 2.21. The highest BCUT2D eigenvalue weighted by molar-refractivity contribution is 5.31. The molecule has 2 unspecified atom stereocenters. The highest BCUT2D eigenvalue weighted by Crippen LogP contribution is 2.28. The van der Waals surface area contributed by atoms with Crippen LogP contribution in [0.1, 0.15) is 43.4 Å². The fourth-order valence-corrected chi connectivity index (χ4v) is 3.66. The van der Waals surface area contributed by atoms with E-state index in [-0.39, 0.29) is 0 Å². The van der Waals surface area contributed by atoms with E-state index in [1.165, 1.54) is 31.2 Å². The lowest BCUT2D eigenvalue weighted by Gasteiger charge is -2.31. The molecule has 3 nitrogen and oxygen atoms in total. The maximum Gasteiger partial charge on any atom is 0.0594 e. The third kappa shape index (κ3) is 4.06. The molecule has 116 valence electrons. The van der Waals surface area contributed by atoms with Crippen molar-refractivity contribution in [1.82, 2.24) is 10.2 Å². The summed E-state index contributed by atoms with van der Waals surface area (Å²) in [6, 6.07) is 10.0. The predicted molar refractivity (Wildman–Crippen MR) is 86.6 cm³/mol. The first-order valence-electron chi connectivity index (χ1n) is 8.47. The molecular weight excluding hydrogens is 260 g/mol. The molecule has 1 aliphatic heterocycles. The maximum atomic E-state index is 5.43. The van der Waals surface area contributed by atoms with Crippen LogP contribution in [0.4, 0.5) is 0 Å². The zero-order chi connectivity index (χ0) is 14.5. The Hall–Kier alpha value is -0.900. The quantitative estimate of drug-likeness (QED) is 0.862. The molecule has 2 aliphatic rings. The Balaban J connectivity index is 1.60. The monoisotopic (exact) mass is 288 g/mol. The highest BCUT2D eigenvalue weighted by atomic mass is 16.5. The van der Waals surface area contributed by atoms with Gasteiger partial charge in [0, 0.05) is 31.7 Å². The van der Waals surface area contributed by atoms with Crippen LogP contribution in [0.15, 0.2) is 24.3 Å². The summed E-state index contributed by atoms with van der Waals surface area (Å²) in [6.07, 6.45) is 5.17. The van der Waals surface area contributed by atoms with Crippen molar-refractivity contribution in [2.75, 3.05) is 32.8 Å². The Labute approximate surface area is 128 Å². The first-order chi connectivity index (χ1) is 10.3. The first-order valence-corrected chi connectivity index (χ1v) is 8.47. The van der Waals surface area contributed by atoms with E-state index in [0.29, 0.717) is 12.1 Å². The summed E-state index contributed by atoms with van der Waals surface area (Å²) in [5.74, 6) is 0. The van der Waals surface area contributed by atoms with E-state index >= 15 is 0 Å². The SMILES string of the molecule is CC(CN1CCOCC1)NC1CCCCc2ccccc21. The minimum atomic E-state index is 0.527. The molecule has 1 saturated heterocycles. The van der Waals surface area contributed by atoms with Crippen LogP contribution >= 0.6 is 0 Å². The van der Waals surface area contributed by atoms with Gasteiger partial charge in [-0.15, -0.1) is 0 Å². The van der Waals surface area contributed by atoms with Gasteiger partial charge in [0.1, 0.15) is 0 Å². The number of morpholine rings is 1. The van der Waals surface area contributed by atoms with Crippen molar-refractivity contribution in [3.8, 4) is 0 Å². The van der Waals surface area contributed by atoms with Crippen molar-refractivity contribution < 1.29 is 4.74 Å². The lowest BCUT2D eigenvalue weighted by atomic mass is 9.98. The third-order valence-electron chi connectivity index (χ3n) is 4.74. The largest absolute Gasteiger partial charge is 0.379 e. The van der Waals surface area contributed by atoms with Crippen LogP contribution in [-0.4, -0.2) is 43.8 Å². The first kappa shape index (κ1) is 15.0. The second-order valence-corrected chi connectivity index (χ2v) is 6.48. The van der Waals surface area contributed by atoms with Gasteiger partial charge < -0.3 is 10.1 Å². The van der Waals surface area contributed by atoms with Gasteiger partial charge in [0.15, 0.2) is 0 Å². The van der Waals surface area contributed by atoms with Crippen LogP contribution < -0.4 is 5.32 Å². The minimum absolute atomic E-state index is 0.527. The average Bonchev–Trinajstić information content (AvgIpc) is 2.71. The van der Waals surface area contributed by atoms with Crippen molar-refractivity contribution >= 4 is 0 Å². The van der Waals surface area contributed by atoms with E-state index < -0.39 is 0 Å². The Morgan fingerprint density at radius 2 is 2.05 bits per heavy atom. The van der Waals surface area contributed by atoms with E-state index in [1.807, 2.05) is 0 Å². The second-order valence-electron chi connectivity index (χ2n) is 6.48. The fraction of sp³-hybridized carbons (Fsp3) is 0.667. The van der Waals surface area contributed by atoms with Crippen LogP contribution in [0.25, 0.3) is 0 Å². The molecule has 1 aromatic rings. The zero-order valence-corrected chi connectivity index (χ0v) is 13.2. The van der Waals surface area contributed by atoms with Crippen molar-refractivity contribution in [2.45, 2.75) is 44.7 Å². The number of aryl methyl sites for hydroxylation is 1. The van der Waals surface area contributed by atoms with Crippen LogP contribution in [0, 0.1) is 0 Å². The van der Waals surface area contributed by atoms with Crippen molar-refractivity contribution in [2.24, 2.45) is 0 Å². The van der Waals surface area contributed by atoms with Gasteiger partial charge in [-0.3, -0.25) is 4.90 Å². The van der Waals surface area contributed by atoms with Gasteiger partial charge in [-0.1, -0.05) is 30.7 Å². The summed E-state index contributed by atoms with van der Waals surface area (Å²) in [4.78, 5) is 2.52.